The van der Waals surface area contributed by atoms with Crippen molar-refractivity contribution in [1.29, 1.82) is 0 Å². The molecule has 1 fully saturated rings. The average molecular weight is 316 g/mol. The molecular weight excluding hydrogens is 288 g/mol. The molecule has 0 aliphatic heterocycles. The van der Waals surface area contributed by atoms with Crippen LogP contribution in [0.25, 0.3) is 0 Å². The Morgan fingerprint density at radius 3 is 2.65 bits per heavy atom. The molecular formula is C19H28N2O2. The average Bonchev–Trinajstić information content (AvgIpc) is 2.91. The van der Waals surface area contributed by atoms with E-state index in [9.17, 15) is 0 Å². The van der Waals surface area contributed by atoms with Gasteiger partial charge in [-0.1, -0.05) is 18.2 Å². The van der Waals surface area contributed by atoms with Crippen LogP contribution in [-0.2, 0) is 0 Å². The van der Waals surface area contributed by atoms with Crippen molar-refractivity contribution < 1.29 is 9.47 Å². The van der Waals surface area contributed by atoms with Crippen molar-refractivity contribution in [2.45, 2.75) is 24.9 Å². The van der Waals surface area contributed by atoms with E-state index in [-0.39, 0.29) is 0 Å². The third kappa shape index (κ3) is 3.24. The predicted molar refractivity (Wildman–Crippen MR) is 93.1 cm³/mol. The summed E-state index contributed by atoms with van der Waals surface area (Å²) in [6, 6.07) is 7.17. The molecule has 0 unspecified atom stereocenters. The lowest BCUT2D eigenvalue weighted by molar-refractivity contribution is 0.150. The van der Waals surface area contributed by atoms with Gasteiger partial charge in [0.05, 0.1) is 14.2 Å². The van der Waals surface area contributed by atoms with Crippen LogP contribution in [-0.4, -0.2) is 45.8 Å². The van der Waals surface area contributed by atoms with Crippen LogP contribution in [0, 0.1) is 11.8 Å². The van der Waals surface area contributed by atoms with E-state index in [1.54, 1.807) is 14.2 Å². The lowest BCUT2D eigenvalue weighted by Crippen LogP contribution is -2.50. The monoisotopic (exact) mass is 316 g/mol. The van der Waals surface area contributed by atoms with Crippen molar-refractivity contribution in [3.05, 3.63) is 35.9 Å². The molecule has 2 aliphatic carbocycles. The fraction of sp³-hybridized carbons (Fsp3) is 0.579. The van der Waals surface area contributed by atoms with Crippen molar-refractivity contribution >= 4 is 0 Å². The first-order valence-corrected chi connectivity index (χ1v) is 8.42. The Labute approximate surface area is 139 Å². The van der Waals surface area contributed by atoms with Gasteiger partial charge in [-0.25, -0.2) is 0 Å². The van der Waals surface area contributed by atoms with E-state index in [1.165, 1.54) is 18.4 Å². The third-order valence-corrected chi connectivity index (χ3v) is 5.35. The Morgan fingerprint density at radius 2 is 2.00 bits per heavy atom. The number of allylic oxidation sites excluding steroid dienone is 1. The van der Waals surface area contributed by atoms with E-state index in [2.05, 4.69) is 48.6 Å². The molecule has 1 saturated carbocycles. The molecule has 1 aromatic rings. The molecule has 4 heteroatoms. The normalized spacial score (nSPS) is 26.7. The zero-order valence-corrected chi connectivity index (χ0v) is 14.6. The fourth-order valence-electron chi connectivity index (χ4n) is 3.87. The number of ether oxygens (including phenoxy) is 2. The zero-order chi connectivity index (χ0) is 16.4. The summed E-state index contributed by atoms with van der Waals surface area (Å²) in [5.74, 6) is 3.22. The number of fused-ring (bicyclic) bond motifs is 1. The molecule has 1 N–H and O–H groups in total. The molecule has 4 atom stereocenters. The Morgan fingerprint density at radius 1 is 1.22 bits per heavy atom. The zero-order valence-electron chi connectivity index (χ0n) is 14.6. The van der Waals surface area contributed by atoms with E-state index >= 15 is 0 Å². The summed E-state index contributed by atoms with van der Waals surface area (Å²) in [6.45, 7) is 0.949. The molecule has 0 bridgehead atoms. The number of likely N-dealkylation sites (N-methyl/N-ethyl adjacent to an activating group) is 1. The summed E-state index contributed by atoms with van der Waals surface area (Å²) in [5, 5.41) is 3.77. The highest BCUT2D eigenvalue weighted by Gasteiger charge is 2.40. The van der Waals surface area contributed by atoms with Gasteiger partial charge in [0.25, 0.3) is 0 Å². The summed E-state index contributed by atoms with van der Waals surface area (Å²) in [4.78, 5) is 2.26. The highest BCUT2D eigenvalue weighted by Crippen LogP contribution is 2.42. The van der Waals surface area contributed by atoms with Crippen LogP contribution >= 0.6 is 0 Å². The molecule has 0 spiro atoms. The first-order valence-electron chi connectivity index (χ1n) is 8.42. The van der Waals surface area contributed by atoms with Crippen LogP contribution in [0.1, 0.15) is 24.4 Å². The number of benzene rings is 1. The number of rotatable bonds is 7. The van der Waals surface area contributed by atoms with Gasteiger partial charge in [0.2, 0.25) is 0 Å². The van der Waals surface area contributed by atoms with E-state index in [0.717, 1.165) is 29.9 Å². The number of nitrogens with zero attached hydrogens (tertiary/aromatic N) is 1. The van der Waals surface area contributed by atoms with Crippen LogP contribution in [0.15, 0.2) is 30.4 Å². The first kappa shape index (κ1) is 16.3. The van der Waals surface area contributed by atoms with Crippen LogP contribution in [0.2, 0.25) is 0 Å². The first-order chi connectivity index (χ1) is 11.1. The van der Waals surface area contributed by atoms with Gasteiger partial charge in [-0.15, -0.1) is 0 Å². The number of hydrogen-bond acceptors (Lipinski definition) is 4. The molecule has 0 amide bonds. The van der Waals surface area contributed by atoms with Gasteiger partial charge in [0.1, 0.15) is 0 Å². The predicted octanol–water partition coefficient (Wildman–Crippen LogP) is 2.86. The van der Waals surface area contributed by atoms with Crippen molar-refractivity contribution in [2.75, 3.05) is 34.9 Å². The number of nitrogens with one attached hydrogen (secondary N) is 1. The molecule has 0 aromatic heterocycles. The maximum absolute atomic E-state index is 5.45. The number of methoxy groups -OCH3 is 2. The summed E-state index contributed by atoms with van der Waals surface area (Å²) >= 11 is 0. The highest BCUT2D eigenvalue weighted by atomic mass is 16.5. The fourth-order valence-corrected chi connectivity index (χ4v) is 3.87. The lowest BCUT2D eigenvalue weighted by Gasteiger charge is -2.42. The molecule has 0 heterocycles. The van der Waals surface area contributed by atoms with Gasteiger partial charge in [0.15, 0.2) is 11.5 Å². The summed E-state index contributed by atoms with van der Waals surface area (Å²) < 4.78 is 10.8. The van der Waals surface area contributed by atoms with Gasteiger partial charge in [-0.3, -0.25) is 0 Å². The Kier molecular flexibility index (Phi) is 4.93. The molecule has 23 heavy (non-hydrogen) atoms. The largest absolute Gasteiger partial charge is 0.493 e. The van der Waals surface area contributed by atoms with Crippen molar-refractivity contribution in [1.82, 2.24) is 10.2 Å². The van der Waals surface area contributed by atoms with Crippen molar-refractivity contribution in [2.24, 2.45) is 11.8 Å². The summed E-state index contributed by atoms with van der Waals surface area (Å²) in [5.41, 5.74) is 1.25. The Bertz CT molecular complexity index is 570. The lowest BCUT2D eigenvalue weighted by atomic mass is 9.71. The minimum Gasteiger partial charge on any atom is -0.493 e. The second-order valence-corrected chi connectivity index (χ2v) is 6.85. The molecule has 2 aliphatic rings. The van der Waals surface area contributed by atoms with Gasteiger partial charge in [-0.05, 0) is 56.5 Å². The Hall–Kier alpha value is -1.52. The Balaban J connectivity index is 1.67. The molecule has 1 aromatic carbocycles. The van der Waals surface area contributed by atoms with E-state index in [0.29, 0.717) is 12.1 Å². The molecule has 4 nitrogen and oxygen atoms in total. The van der Waals surface area contributed by atoms with Gasteiger partial charge in [-0.2, -0.15) is 0 Å². The standard InChI is InChI=1S/C19H28N2O2/c1-21(2)17(12-20-16-10-13-6-5-7-15(13)16)14-8-9-18(22-3)19(11-14)23-4/h5,7-9,11,13,15-17,20H,6,10,12H2,1-4H3/t13-,15+,16+,17+/m1/s1. The molecule has 126 valence electrons. The van der Waals surface area contributed by atoms with Crippen LogP contribution in [0.3, 0.4) is 0 Å². The number of hydrogen-bond donors (Lipinski definition) is 1. The summed E-state index contributed by atoms with van der Waals surface area (Å²) in [7, 11) is 7.61. The maximum Gasteiger partial charge on any atom is 0.161 e. The van der Waals surface area contributed by atoms with Crippen LogP contribution in [0.4, 0.5) is 0 Å². The topological polar surface area (TPSA) is 33.7 Å². The minimum absolute atomic E-state index is 0.319. The molecule has 3 rings (SSSR count). The van der Waals surface area contributed by atoms with Crippen LogP contribution < -0.4 is 14.8 Å². The summed E-state index contributed by atoms with van der Waals surface area (Å²) in [6.07, 6.45) is 7.32. The highest BCUT2D eigenvalue weighted by molar-refractivity contribution is 5.43. The maximum atomic E-state index is 5.45. The molecule has 0 saturated heterocycles. The van der Waals surface area contributed by atoms with E-state index in [4.69, 9.17) is 9.47 Å². The smallest absolute Gasteiger partial charge is 0.161 e. The van der Waals surface area contributed by atoms with Crippen molar-refractivity contribution in [3.8, 4) is 11.5 Å². The van der Waals surface area contributed by atoms with Gasteiger partial charge in [0, 0.05) is 18.6 Å². The molecule has 0 radical (unpaired) electrons. The quantitative estimate of drug-likeness (QED) is 0.784. The minimum atomic E-state index is 0.319. The van der Waals surface area contributed by atoms with Crippen molar-refractivity contribution in [3.63, 3.8) is 0 Å². The third-order valence-electron chi connectivity index (χ3n) is 5.35. The SMILES string of the molecule is COc1ccc([C@H](CN[C@H]2C[C@H]3CC=C[C@@H]32)N(C)C)cc1OC. The van der Waals surface area contributed by atoms with E-state index < -0.39 is 0 Å². The van der Waals surface area contributed by atoms with Gasteiger partial charge >= 0.3 is 0 Å². The van der Waals surface area contributed by atoms with Crippen LogP contribution in [0.5, 0.6) is 11.5 Å². The van der Waals surface area contributed by atoms with E-state index in [1.807, 2.05) is 6.07 Å². The second-order valence-electron chi connectivity index (χ2n) is 6.85. The van der Waals surface area contributed by atoms with Gasteiger partial charge < -0.3 is 19.7 Å². The second kappa shape index (κ2) is 6.93.